The van der Waals surface area contributed by atoms with E-state index in [0.717, 1.165) is 18.2 Å². The van der Waals surface area contributed by atoms with Gasteiger partial charge in [0.15, 0.2) is 0 Å². The normalized spacial score (nSPS) is 10.2. The van der Waals surface area contributed by atoms with E-state index in [2.05, 4.69) is 5.32 Å². The molecule has 0 fully saturated rings. The van der Waals surface area contributed by atoms with Crippen LogP contribution >= 0.6 is 11.6 Å². The molecule has 0 spiro atoms. The largest absolute Gasteiger partial charge is 0.319 e. The molecule has 0 aromatic heterocycles. The molecule has 108 valence electrons. The van der Waals surface area contributed by atoms with Crippen LogP contribution in [0.5, 0.6) is 0 Å². The first kappa shape index (κ1) is 14.9. The van der Waals surface area contributed by atoms with E-state index in [0.29, 0.717) is 6.07 Å². The molecule has 0 saturated heterocycles. The highest BCUT2D eigenvalue weighted by atomic mass is 35.5. The number of benzene rings is 2. The fraction of sp³-hybridized carbons (Fsp3) is 0. The third-order valence-electron chi connectivity index (χ3n) is 2.59. The number of hydrogen-bond donors (Lipinski definition) is 1. The average Bonchev–Trinajstić information content (AvgIpc) is 2.41. The van der Waals surface area contributed by atoms with Crippen molar-refractivity contribution in [2.24, 2.45) is 0 Å². The van der Waals surface area contributed by atoms with E-state index >= 15 is 0 Å². The van der Waals surface area contributed by atoms with Gasteiger partial charge in [-0.15, -0.1) is 0 Å². The zero-order chi connectivity index (χ0) is 15.6. The lowest BCUT2D eigenvalue weighted by Gasteiger charge is -2.07. The second-order valence-corrected chi connectivity index (χ2v) is 4.44. The van der Waals surface area contributed by atoms with Gasteiger partial charge in [0.05, 0.1) is 22.2 Å². The predicted octanol–water partition coefficient (Wildman–Crippen LogP) is 3.78. The summed E-state index contributed by atoms with van der Waals surface area (Å²) in [6.45, 7) is 0. The number of nitrogens with one attached hydrogen (secondary N) is 1. The number of anilines is 1. The van der Waals surface area contributed by atoms with Gasteiger partial charge in [0, 0.05) is 11.1 Å². The first-order chi connectivity index (χ1) is 9.88. The number of rotatable bonds is 3. The highest BCUT2D eigenvalue weighted by Gasteiger charge is 2.17. The van der Waals surface area contributed by atoms with Gasteiger partial charge in [-0.05, 0) is 24.3 Å². The van der Waals surface area contributed by atoms with Crippen LogP contribution < -0.4 is 5.32 Å². The number of carbonyl (C=O) groups excluding carboxylic acids is 1. The summed E-state index contributed by atoms with van der Waals surface area (Å²) in [6, 6.07) is 6.12. The van der Waals surface area contributed by atoms with Crippen molar-refractivity contribution in [3.63, 3.8) is 0 Å². The molecule has 21 heavy (non-hydrogen) atoms. The smallest absolute Gasteiger partial charge is 0.272 e. The van der Waals surface area contributed by atoms with Crippen LogP contribution in [0.3, 0.4) is 0 Å². The summed E-state index contributed by atoms with van der Waals surface area (Å²) in [7, 11) is 0. The van der Waals surface area contributed by atoms with Gasteiger partial charge < -0.3 is 5.32 Å². The van der Waals surface area contributed by atoms with Crippen molar-refractivity contribution < 1.29 is 18.5 Å². The highest BCUT2D eigenvalue weighted by molar-refractivity contribution is 6.30. The van der Waals surface area contributed by atoms with Gasteiger partial charge >= 0.3 is 0 Å². The summed E-state index contributed by atoms with van der Waals surface area (Å²) < 4.78 is 27.2. The summed E-state index contributed by atoms with van der Waals surface area (Å²) in [5, 5.41) is 12.8. The van der Waals surface area contributed by atoms with Gasteiger partial charge in [0.1, 0.15) is 11.6 Å². The molecule has 0 bridgehead atoms. The van der Waals surface area contributed by atoms with E-state index in [1.807, 2.05) is 0 Å². The van der Waals surface area contributed by atoms with E-state index in [1.54, 1.807) is 0 Å². The Morgan fingerprint density at radius 2 is 1.86 bits per heavy atom. The van der Waals surface area contributed by atoms with Gasteiger partial charge in [-0.1, -0.05) is 11.6 Å². The van der Waals surface area contributed by atoms with E-state index in [1.165, 1.54) is 12.1 Å². The van der Waals surface area contributed by atoms with Gasteiger partial charge in [-0.3, -0.25) is 14.9 Å². The predicted molar refractivity (Wildman–Crippen MR) is 72.4 cm³/mol. The molecular formula is C13H7ClF2N2O3. The van der Waals surface area contributed by atoms with Crippen LogP contribution in [0, 0.1) is 21.7 Å². The molecule has 0 aliphatic carbocycles. The van der Waals surface area contributed by atoms with E-state index in [9.17, 15) is 23.7 Å². The Bertz CT molecular complexity index is 737. The molecule has 5 nitrogen and oxygen atoms in total. The Morgan fingerprint density at radius 1 is 1.14 bits per heavy atom. The molecule has 0 unspecified atom stereocenters. The minimum atomic E-state index is -1.07. The fourth-order valence-electron chi connectivity index (χ4n) is 1.58. The molecule has 1 N–H and O–H groups in total. The molecular weight excluding hydrogens is 306 g/mol. The summed E-state index contributed by atoms with van der Waals surface area (Å²) in [5.74, 6) is -2.78. The lowest BCUT2D eigenvalue weighted by atomic mass is 10.1. The third-order valence-corrected chi connectivity index (χ3v) is 2.82. The minimum Gasteiger partial charge on any atom is -0.319 e. The first-order valence-corrected chi connectivity index (χ1v) is 5.96. The molecule has 2 aromatic carbocycles. The van der Waals surface area contributed by atoms with Crippen molar-refractivity contribution in [2.45, 2.75) is 0 Å². The monoisotopic (exact) mass is 312 g/mol. The SMILES string of the molecule is O=C(Nc1ccc(Cl)cc1F)c1ccc([N+](=O)[O-])cc1F. The second kappa shape index (κ2) is 5.84. The fourth-order valence-corrected chi connectivity index (χ4v) is 1.74. The average molecular weight is 313 g/mol. The molecule has 0 heterocycles. The highest BCUT2D eigenvalue weighted by Crippen LogP contribution is 2.21. The Balaban J connectivity index is 2.26. The van der Waals surface area contributed by atoms with Crippen molar-refractivity contribution >= 4 is 28.9 Å². The zero-order valence-electron chi connectivity index (χ0n) is 10.3. The zero-order valence-corrected chi connectivity index (χ0v) is 11.0. The quantitative estimate of drug-likeness (QED) is 0.692. The van der Waals surface area contributed by atoms with Crippen LogP contribution in [-0.4, -0.2) is 10.8 Å². The number of nitro groups is 1. The van der Waals surface area contributed by atoms with Gasteiger partial charge in [-0.2, -0.15) is 0 Å². The van der Waals surface area contributed by atoms with Crippen LogP contribution in [0.25, 0.3) is 0 Å². The molecule has 1 amide bonds. The maximum Gasteiger partial charge on any atom is 0.272 e. The molecule has 0 aliphatic heterocycles. The van der Waals surface area contributed by atoms with E-state index in [4.69, 9.17) is 11.6 Å². The number of nitro benzene ring substituents is 1. The van der Waals surface area contributed by atoms with Crippen LogP contribution in [0.15, 0.2) is 36.4 Å². The number of hydrogen-bond acceptors (Lipinski definition) is 3. The standard InChI is InChI=1S/C13H7ClF2N2O3/c14-7-1-4-12(11(16)5-7)17-13(19)9-3-2-8(18(20)21)6-10(9)15/h1-6H,(H,17,19). The van der Waals surface area contributed by atoms with Crippen LogP contribution in [-0.2, 0) is 0 Å². The summed E-state index contributed by atoms with van der Waals surface area (Å²) in [5.41, 5.74) is -1.10. The number of halogens is 3. The van der Waals surface area contributed by atoms with E-state index in [-0.39, 0.29) is 10.7 Å². The first-order valence-electron chi connectivity index (χ1n) is 5.59. The lowest BCUT2D eigenvalue weighted by Crippen LogP contribution is -2.14. The number of amides is 1. The van der Waals surface area contributed by atoms with Crippen molar-refractivity contribution in [3.8, 4) is 0 Å². The third kappa shape index (κ3) is 3.32. The lowest BCUT2D eigenvalue weighted by molar-refractivity contribution is -0.385. The topological polar surface area (TPSA) is 72.2 Å². The summed E-state index contributed by atoms with van der Waals surface area (Å²) in [6.07, 6.45) is 0. The number of non-ortho nitro benzene ring substituents is 1. The Labute approximate surface area is 122 Å². The maximum absolute atomic E-state index is 13.6. The van der Waals surface area contributed by atoms with Gasteiger partial charge in [0.2, 0.25) is 0 Å². The summed E-state index contributed by atoms with van der Waals surface area (Å²) >= 11 is 5.57. The molecule has 0 radical (unpaired) electrons. The molecule has 0 aliphatic rings. The number of nitrogens with zero attached hydrogens (tertiary/aromatic N) is 1. The van der Waals surface area contributed by atoms with Crippen molar-refractivity contribution in [3.05, 3.63) is 68.7 Å². The second-order valence-electron chi connectivity index (χ2n) is 4.00. The summed E-state index contributed by atoms with van der Waals surface area (Å²) in [4.78, 5) is 21.5. The Hall–Kier alpha value is -2.54. The van der Waals surface area contributed by atoms with E-state index < -0.39 is 33.7 Å². The maximum atomic E-state index is 13.6. The van der Waals surface area contributed by atoms with Crippen LogP contribution in [0.4, 0.5) is 20.2 Å². The molecule has 0 saturated carbocycles. The number of carbonyl (C=O) groups is 1. The minimum absolute atomic E-state index is 0.145. The van der Waals surface area contributed by atoms with Crippen LogP contribution in [0.1, 0.15) is 10.4 Å². The van der Waals surface area contributed by atoms with Crippen LogP contribution in [0.2, 0.25) is 5.02 Å². The molecule has 2 aromatic rings. The Morgan fingerprint density at radius 3 is 2.43 bits per heavy atom. The molecule has 0 atom stereocenters. The Kier molecular flexibility index (Phi) is 4.13. The molecule has 2 rings (SSSR count). The van der Waals surface area contributed by atoms with Gasteiger partial charge in [0.25, 0.3) is 11.6 Å². The van der Waals surface area contributed by atoms with Gasteiger partial charge in [-0.25, -0.2) is 8.78 Å². The molecule has 8 heteroatoms. The van der Waals surface area contributed by atoms with Crippen molar-refractivity contribution in [2.75, 3.05) is 5.32 Å². The van der Waals surface area contributed by atoms with Crippen molar-refractivity contribution in [1.29, 1.82) is 0 Å². The van der Waals surface area contributed by atoms with Crippen molar-refractivity contribution in [1.82, 2.24) is 0 Å².